The Morgan fingerprint density at radius 2 is 2.00 bits per heavy atom. The Hall–Kier alpha value is -1.65. The van der Waals surface area contributed by atoms with E-state index in [4.69, 9.17) is 0 Å². The Kier molecular flexibility index (Phi) is 3.59. The van der Waals surface area contributed by atoms with Crippen molar-refractivity contribution in [1.82, 2.24) is 14.9 Å². The van der Waals surface area contributed by atoms with E-state index in [0.717, 1.165) is 43.9 Å². The van der Waals surface area contributed by atoms with E-state index in [-0.39, 0.29) is 11.3 Å². The fourth-order valence-electron chi connectivity index (χ4n) is 2.79. The third-order valence-electron chi connectivity index (χ3n) is 4.44. The van der Waals surface area contributed by atoms with Crippen LogP contribution in [0.2, 0.25) is 0 Å². The van der Waals surface area contributed by atoms with E-state index < -0.39 is 0 Å². The van der Waals surface area contributed by atoms with Crippen LogP contribution in [0.5, 0.6) is 0 Å². The first-order valence-electron chi connectivity index (χ1n) is 7.81. The highest BCUT2D eigenvalue weighted by Gasteiger charge is 2.38. The van der Waals surface area contributed by atoms with Crippen molar-refractivity contribution in [3.8, 4) is 0 Å². The van der Waals surface area contributed by atoms with Gasteiger partial charge in [0.1, 0.15) is 12.1 Å². The molecule has 0 unspecified atom stereocenters. The summed E-state index contributed by atoms with van der Waals surface area (Å²) in [6.07, 6.45) is 4.62. The summed E-state index contributed by atoms with van der Waals surface area (Å²) in [4.78, 5) is 22.7. The van der Waals surface area contributed by atoms with Crippen LogP contribution in [0.25, 0.3) is 0 Å². The van der Waals surface area contributed by atoms with Crippen LogP contribution in [0, 0.1) is 5.92 Å². The molecule has 0 spiro atoms. The zero-order chi connectivity index (χ0) is 15.0. The normalized spacial score (nSPS) is 25.0. The molecule has 114 valence electrons. The quantitative estimate of drug-likeness (QED) is 0.926. The van der Waals surface area contributed by atoms with Gasteiger partial charge in [0.2, 0.25) is 5.91 Å². The van der Waals surface area contributed by atoms with Crippen LogP contribution in [0.4, 0.5) is 5.82 Å². The van der Waals surface area contributed by atoms with E-state index in [0.29, 0.717) is 11.9 Å². The van der Waals surface area contributed by atoms with Crippen LogP contribution in [0.15, 0.2) is 12.4 Å². The molecule has 0 radical (unpaired) electrons. The Balaban J connectivity index is 1.53. The first kappa shape index (κ1) is 14.3. The molecule has 1 saturated heterocycles. The Labute approximate surface area is 126 Å². The fourth-order valence-corrected chi connectivity index (χ4v) is 2.79. The van der Waals surface area contributed by atoms with Crippen molar-refractivity contribution >= 4 is 11.7 Å². The molecule has 1 N–H and O–H groups in total. The largest absolute Gasteiger partial charge is 0.367 e. The van der Waals surface area contributed by atoms with Gasteiger partial charge in [-0.3, -0.25) is 4.79 Å². The number of likely N-dealkylation sites (tertiary alicyclic amines) is 1. The summed E-state index contributed by atoms with van der Waals surface area (Å²) in [5.74, 6) is 1.43. The minimum absolute atomic E-state index is 0.0228. The van der Waals surface area contributed by atoms with Crippen molar-refractivity contribution in [1.29, 1.82) is 0 Å². The molecule has 0 aromatic carbocycles. The van der Waals surface area contributed by atoms with Gasteiger partial charge in [0.05, 0.1) is 5.69 Å². The fraction of sp³-hybridized carbons (Fsp3) is 0.688. The van der Waals surface area contributed by atoms with Crippen LogP contribution in [0.1, 0.15) is 45.7 Å². The molecule has 0 atom stereocenters. The topological polar surface area (TPSA) is 58.1 Å². The molecular weight excluding hydrogens is 264 g/mol. The molecule has 2 heterocycles. The SMILES string of the molecule is CC(C)(C)c1cc(N[C@H]2C[C@@H](C(=O)N3CCC3)C2)ncn1. The summed E-state index contributed by atoms with van der Waals surface area (Å²) in [6, 6.07) is 2.38. The lowest BCUT2D eigenvalue weighted by atomic mass is 9.79. The van der Waals surface area contributed by atoms with E-state index in [1.807, 2.05) is 11.0 Å². The van der Waals surface area contributed by atoms with E-state index in [1.54, 1.807) is 6.33 Å². The molecule has 2 aliphatic rings. The van der Waals surface area contributed by atoms with Gasteiger partial charge in [0.25, 0.3) is 0 Å². The van der Waals surface area contributed by atoms with Crippen molar-refractivity contribution in [2.24, 2.45) is 5.92 Å². The molecule has 1 aromatic rings. The van der Waals surface area contributed by atoms with E-state index in [9.17, 15) is 4.79 Å². The van der Waals surface area contributed by atoms with Gasteiger partial charge in [0, 0.05) is 36.5 Å². The van der Waals surface area contributed by atoms with Crippen LogP contribution in [0.3, 0.4) is 0 Å². The zero-order valence-electron chi connectivity index (χ0n) is 13.1. The number of anilines is 1. The lowest BCUT2D eigenvalue weighted by molar-refractivity contribution is -0.142. The number of aromatic nitrogens is 2. The number of hydrogen-bond donors (Lipinski definition) is 1. The molecule has 1 aliphatic heterocycles. The number of carbonyl (C=O) groups is 1. The highest BCUT2D eigenvalue weighted by atomic mass is 16.2. The van der Waals surface area contributed by atoms with Crippen molar-refractivity contribution in [3.63, 3.8) is 0 Å². The van der Waals surface area contributed by atoms with Gasteiger partial charge in [-0.2, -0.15) is 0 Å². The summed E-state index contributed by atoms with van der Waals surface area (Å²) in [5.41, 5.74) is 1.06. The van der Waals surface area contributed by atoms with Gasteiger partial charge >= 0.3 is 0 Å². The Morgan fingerprint density at radius 1 is 1.29 bits per heavy atom. The van der Waals surface area contributed by atoms with Crippen molar-refractivity contribution in [3.05, 3.63) is 18.1 Å². The number of nitrogens with one attached hydrogen (secondary N) is 1. The molecule has 1 aliphatic carbocycles. The maximum atomic E-state index is 12.1. The molecule has 1 amide bonds. The summed E-state index contributed by atoms with van der Waals surface area (Å²) in [5, 5.41) is 3.43. The number of rotatable bonds is 3. The Bertz CT molecular complexity index is 527. The molecule has 5 heteroatoms. The third-order valence-corrected chi connectivity index (χ3v) is 4.44. The molecule has 1 saturated carbocycles. The Morgan fingerprint density at radius 3 is 2.57 bits per heavy atom. The van der Waals surface area contributed by atoms with E-state index in [2.05, 4.69) is 36.1 Å². The molecule has 5 nitrogen and oxygen atoms in total. The summed E-state index contributed by atoms with van der Waals surface area (Å²) >= 11 is 0. The monoisotopic (exact) mass is 288 g/mol. The molecule has 2 fully saturated rings. The molecular formula is C16H24N4O. The zero-order valence-corrected chi connectivity index (χ0v) is 13.1. The van der Waals surface area contributed by atoms with Crippen LogP contribution in [-0.2, 0) is 10.2 Å². The molecule has 1 aromatic heterocycles. The molecule has 21 heavy (non-hydrogen) atoms. The molecule has 0 bridgehead atoms. The van der Waals surface area contributed by atoms with Gasteiger partial charge in [-0.15, -0.1) is 0 Å². The highest BCUT2D eigenvalue weighted by molar-refractivity contribution is 5.80. The highest BCUT2D eigenvalue weighted by Crippen LogP contribution is 2.33. The summed E-state index contributed by atoms with van der Waals surface area (Å²) in [6.45, 7) is 8.33. The standard InChI is InChI=1S/C16H24N4O/c1-16(2,3)13-9-14(18-10-17-13)19-12-7-11(8-12)15(21)20-5-4-6-20/h9-12H,4-8H2,1-3H3,(H,17,18,19)/t11-,12+. The first-order valence-corrected chi connectivity index (χ1v) is 7.81. The maximum Gasteiger partial charge on any atom is 0.225 e. The molecule has 3 rings (SSSR count). The number of amides is 1. The smallest absolute Gasteiger partial charge is 0.225 e. The van der Waals surface area contributed by atoms with Crippen molar-refractivity contribution in [2.75, 3.05) is 18.4 Å². The third kappa shape index (κ3) is 3.01. The van der Waals surface area contributed by atoms with Crippen LogP contribution in [-0.4, -0.2) is 39.9 Å². The van der Waals surface area contributed by atoms with Crippen LogP contribution < -0.4 is 5.32 Å². The summed E-state index contributed by atoms with van der Waals surface area (Å²) < 4.78 is 0. The number of nitrogens with zero attached hydrogens (tertiary/aromatic N) is 3. The van der Waals surface area contributed by atoms with Gasteiger partial charge in [-0.25, -0.2) is 9.97 Å². The minimum atomic E-state index is 0.0228. The van der Waals surface area contributed by atoms with E-state index >= 15 is 0 Å². The number of hydrogen-bond acceptors (Lipinski definition) is 4. The second kappa shape index (κ2) is 5.28. The van der Waals surface area contributed by atoms with Gasteiger partial charge in [0.15, 0.2) is 0 Å². The predicted molar refractivity (Wildman–Crippen MR) is 82.1 cm³/mol. The summed E-state index contributed by atoms with van der Waals surface area (Å²) in [7, 11) is 0. The van der Waals surface area contributed by atoms with Gasteiger partial charge < -0.3 is 10.2 Å². The second-order valence-corrected chi connectivity index (χ2v) is 7.23. The van der Waals surface area contributed by atoms with Crippen molar-refractivity contribution in [2.45, 2.75) is 51.5 Å². The van der Waals surface area contributed by atoms with Crippen LogP contribution >= 0.6 is 0 Å². The van der Waals surface area contributed by atoms with Gasteiger partial charge in [-0.1, -0.05) is 20.8 Å². The average Bonchev–Trinajstić information content (AvgIpc) is 2.30. The van der Waals surface area contributed by atoms with Crippen molar-refractivity contribution < 1.29 is 4.79 Å². The predicted octanol–water partition coefficient (Wildman–Crippen LogP) is 2.20. The lowest BCUT2D eigenvalue weighted by Crippen LogP contribution is -2.50. The minimum Gasteiger partial charge on any atom is -0.367 e. The second-order valence-electron chi connectivity index (χ2n) is 7.23. The lowest BCUT2D eigenvalue weighted by Gasteiger charge is -2.41. The number of carbonyl (C=O) groups excluding carboxylic acids is 1. The average molecular weight is 288 g/mol. The first-order chi connectivity index (χ1) is 9.93. The van der Waals surface area contributed by atoms with E-state index in [1.165, 1.54) is 0 Å². The van der Waals surface area contributed by atoms with Gasteiger partial charge in [-0.05, 0) is 19.3 Å². The maximum absolute atomic E-state index is 12.1.